The third-order valence-electron chi connectivity index (χ3n) is 3.61. The molecule has 0 saturated carbocycles. The summed E-state index contributed by atoms with van der Waals surface area (Å²) in [5.74, 6) is -0.166. The molecule has 1 aliphatic rings. The number of hydrogen-bond acceptors (Lipinski definition) is 4. The Kier molecular flexibility index (Phi) is 4.12. The molecular weight excluding hydrogens is 278 g/mol. The van der Waals surface area contributed by atoms with Crippen LogP contribution in [-0.2, 0) is 14.8 Å². The molecule has 1 aliphatic heterocycles. The van der Waals surface area contributed by atoms with Gasteiger partial charge in [-0.2, -0.15) is 0 Å². The Labute approximate surface area is 119 Å². The highest BCUT2D eigenvalue weighted by atomic mass is 32.2. The number of carbonyl (C=O) groups is 1. The van der Waals surface area contributed by atoms with Gasteiger partial charge >= 0.3 is 0 Å². The van der Waals surface area contributed by atoms with Crippen LogP contribution in [0.4, 0.5) is 5.69 Å². The van der Waals surface area contributed by atoms with Crippen LogP contribution in [0, 0.1) is 5.41 Å². The Bertz CT molecular complexity index is 607. The fourth-order valence-electron chi connectivity index (χ4n) is 2.20. The molecule has 1 atom stereocenters. The van der Waals surface area contributed by atoms with Crippen LogP contribution in [0.15, 0.2) is 29.2 Å². The number of nitrogens with one attached hydrogen (secondary N) is 3. The smallest absolute Gasteiger partial charge is 0.242 e. The zero-order chi connectivity index (χ0) is 14.8. The summed E-state index contributed by atoms with van der Waals surface area (Å²) in [6, 6.07) is 6.38. The third-order valence-corrected chi connectivity index (χ3v) is 5.08. The molecule has 1 aromatic rings. The number of carbonyl (C=O) groups excluding carboxylic acids is 1. The largest absolute Gasteiger partial charge is 0.324 e. The molecule has 0 aromatic heterocycles. The molecular formula is C13H19N3O3S. The van der Waals surface area contributed by atoms with E-state index in [4.69, 9.17) is 0 Å². The van der Waals surface area contributed by atoms with E-state index in [9.17, 15) is 13.2 Å². The second kappa shape index (κ2) is 5.51. The van der Waals surface area contributed by atoms with Gasteiger partial charge in [0.15, 0.2) is 0 Å². The Hall–Kier alpha value is -1.44. The molecule has 1 amide bonds. The number of sulfonamides is 1. The van der Waals surface area contributed by atoms with Gasteiger partial charge in [0.1, 0.15) is 4.90 Å². The van der Waals surface area contributed by atoms with Gasteiger partial charge in [0, 0.05) is 6.54 Å². The number of benzene rings is 1. The first-order chi connectivity index (χ1) is 9.39. The summed E-state index contributed by atoms with van der Waals surface area (Å²) in [6.45, 7) is 3.26. The van der Waals surface area contributed by atoms with E-state index in [-0.39, 0.29) is 10.8 Å². The van der Waals surface area contributed by atoms with E-state index >= 15 is 0 Å². The molecule has 3 N–H and O–H groups in total. The molecule has 1 saturated heterocycles. The van der Waals surface area contributed by atoms with Crippen molar-refractivity contribution in [1.29, 1.82) is 0 Å². The summed E-state index contributed by atoms with van der Waals surface area (Å²) < 4.78 is 26.1. The standard InChI is InChI=1S/C13H19N3O3S/c1-13(7-8-15-9-13)12(17)16-10-5-3-4-6-11(10)20(18,19)14-2/h3-6,14-15H,7-9H2,1-2H3,(H,16,17). The summed E-state index contributed by atoms with van der Waals surface area (Å²) in [7, 11) is -2.25. The maximum absolute atomic E-state index is 12.3. The Morgan fingerprint density at radius 3 is 2.65 bits per heavy atom. The van der Waals surface area contributed by atoms with Crippen molar-refractivity contribution in [2.24, 2.45) is 5.41 Å². The van der Waals surface area contributed by atoms with E-state index in [1.807, 2.05) is 6.92 Å². The maximum atomic E-state index is 12.3. The number of rotatable bonds is 4. The third kappa shape index (κ3) is 2.84. The van der Waals surface area contributed by atoms with Crippen molar-refractivity contribution in [2.75, 3.05) is 25.5 Å². The van der Waals surface area contributed by atoms with Crippen molar-refractivity contribution < 1.29 is 13.2 Å². The van der Waals surface area contributed by atoms with Gasteiger partial charge in [-0.05, 0) is 39.1 Å². The van der Waals surface area contributed by atoms with Gasteiger partial charge < -0.3 is 10.6 Å². The summed E-state index contributed by atoms with van der Waals surface area (Å²) in [4.78, 5) is 12.4. The van der Waals surface area contributed by atoms with Crippen LogP contribution in [0.1, 0.15) is 13.3 Å². The lowest BCUT2D eigenvalue weighted by Gasteiger charge is -2.22. The van der Waals surface area contributed by atoms with Gasteiger partial charge in [0.2, 0.25) is 15.9 Å². The Morgan fingerprint density at radius 2 is 2.05 bits per heavy atom. The second-order valence-corrected chi connectivity index (χ2v) is 7.00. The molecule has 1 unspecified atom stereocenters. The SMILES string of the molecule is CNS(=O)(=O)c1ccccc1NC(=O)C1(C)CCNC1. The number of anilines is 1. The molecule has 6 nitrogen and oxygen atoms in total. The van der Waals surface area contributed by atoms with Crippen LogP contribution in [0.25, 0.3) is 0 Å². The number of para-hydroxylation sites is 1. The lowest BCUT2D eigenvalue weighted by atomic mass is 9.89. The van der Waals surface area contributed by atoms with E-state index in [0.717, 1.165) is 13.0 Å². The van der Waals surface area contributed by atoms with Gasteiger partial charge in [-0.3, -0.25) is 4.79 Å². The van der Waals surface area contributed by atoms with E-state index in [1.165, 1.54) is 13.1 Å². The number of hydrogen-bond donors (Lipinski definition) is 3. The molecule has 0 aliphatic carbocycles. The van der Waals surface area contributed by atoms with Crippen molar-refractivity contribution in [1.82, 2.24) is 10.0 Å². The van der Waals surface area contributed by atoms with Gasteiger partial charge in [-0.1, -0.05) is 12.1 Å². The topological polar surface area (TPSA) is 87.3 Å². The summed E-state index contributed by atoms with van der Waals surface area (Å²) in [5, 5.41) is 5.88. The molecule has 7 heteroatoms. The fraction of sp³-hybridized carbons (Fsp3) is 0.462. The van der Waals surface area contributed by atoms with Gasteiger partial charge in [0.25, 0.3) is 0 Å². The zero-order valence-electron chi connectivity index (χ0n) is 11.6. The van der Waals surface area contributed by atoms with Crippen LogP contribution in [0.5, 0.6) is 0 Å². The number of amides is 1. The average molecular weight is 297 g/mol. The van der Waals surface area contributed by atoms with Gasteiger partial charge in [-0.25, -0.2) is 13.1 Å². The van der Waals surface area contributed by atoms with E-state index in [1.54, 1.807) is 18.2 Å². The predicted octanol–water partition coefficient (Wildman–Crippen LogP) is 0.533. The summed E-state index contributed by atoms with van der Waals surface area (Å²) in [6.07, 6.45) is 0.736. The van der Waals surface area contributed by atoms with E-state index in [2.05, 4.69) is 15.4 Å². The molecule has 2 rings (SSSR count). The van der Waals surface area contributed by atoms with Crippen LogP contribution in [0.3, 0.4) is 0 Å². The van der Waals surface area contributed by atoms with Crippen molar-refractivity contribution >= 4 is 21.6 Å². The van der Waals surface area contributed by atoms with E-state index in [0.29, 0.717) is 12.2 Å². The molecule has 1 heterocycles. The summed E-state index contributed by atoms with van der Waals surface area (Å²) in [5.41, 5.74) is -0.198. The van der Waals surface area contributed by atoms with Gasteiger partial charge in [-0.15, -0.1) is 0 Å². The highest BCUT2D eigenvalue weighted by Gasteiger charge is 2.36. The first-order valence-electron chi connectivity index (χ1n) is 6.44. The summed E-state index contributed by atoms with van der Waals surface area (Å²) >= 11 is 0. The Morgan fingerprint density at radius 1 is 1.35 bits per heavy atom. The molecule has 110 valence electrons. The maximum Gasteiger partial charge on any atom is 0.242 e. The highest BCUT2D eigenvalue weighted by molar-refractivity contribution is 7.89. The van der Waals surface area contributed by atoms with Crippen LogP contribution < -0.4 is 15.4 Å². The minimum atomic E-state index is -3.60. The zero-order valence-corrected chi connectivity index (χ0v) is 12.4. The predicted molar refractivity (Wildman–Crippen MR) is 76.9 cm³/mol. The molecule has 1 aromatic carbocycles. The monoisotopic (exact) mass is 297 g/mol. The van der Waals surface area contributed by atoms with Gasteiger partial charge in [0.05, 0.1) is 11.1 Å². The normalized spacial score (nSPS) is 22.7. The lowest BCUT2D eigenvalue weighted by Crippen LogP contribution is -2.36. The highest BCUT2D eigenvalue weighted by Crippen LogP contribution is 2.28. The quantitative estimate of drug-likeness (QED) is 0.756. The van der Waals surface area contributed by atoms with E-state index < -0.39 is 15.4 Å². The fourth-order valence-corrected chi connectivity index (χ4v) is 3.08. The van der Waals surface area contributed by atoms with Crippen LogP contribution in [-0.4, -0.2) is 34.5 Å². The van der Waals surface area contributed by atoms with Crippen molar-refractivity contribution in [3.05, 3.63) is 24.3 Å². The Balaban J connectivity index is 2.29. The molecule has 0 radical (unpaired) electrons. The molecule has 20 heavy (non-hydrogen) atoms. The van der Waals surface area contributed by atoms with Crippen molar-refractivity contribution in [3.8, 4) is 0 Å². The minimum Gasteiger partial charge on any atom is -0.324 e. The minimum absolute atomic E-state index is 0.0745. The molecule has 0 spiro atoms. The average Bonchev–Trinajstić information content (AvgIpc) is 2.87. The van der Waals surface area contributed by atoms with Crippen LogP contribution >= 0.6 is 0 Å². The molecule has 0 bridgehead atoms. The van der Waals surface area contributed by atoms with Crippen molar-refractivity contribution in [3.63, 3.8) is 0 Å². The second-order valence-electron chi connectivity index (χ2n) is 5.15. The molecule has 1 fully saturated rings. The first kappa shape index (κ1) is 15.0. The lowest BCUT2D eigenvalue weighted by molar-refractivity contribution is -0.123. The van der Waals surface area contributed by atoms with Crippen LogP contribution in [0.2, 0.25) is 0 Å². The first-order valence-corrected chi connectivity index (χ1v) is 7.92. The van der Waals surface area contributed by atoms with Crippen molar-refractivity contribution in [2.45, 2.75) is 18.2 Å².